The predicted octanol–water partition coefficient (Wildman–Crippen LogP) is 3.51. The number of hydrogen-bond acceptors (Lipinski definition) is 3. The van der Waals surface area contributed by atoms with Gasteiger partial charge in [-0.15, -0.1) is 0 Å². The van der Waals surface area contributed by atoms with E-state index >= 15 is 0 Å². The number of benzene rings is 3. The highest BCUT2D eigenvalue weighted by atomic mass is 16.4. The number of para-hydroxylation sites is 1. The Kier molecular flexibility index (Phi) is 4.94. The van der Waals surface area contributed by atoms with Crippen molar-refractivity contribution in [1.82, 2.24) is 0 Å². The van der Waals surface area contributed by atoms with Crippen LogP contribution in [0.2, 0.25) is 0 Å². The Balaban J connectivity index is 0.000000174. The van der Waals surface area contributed by atoms with Gasteiger partial charge in [-0.1, -0.05) is 48.5 Å². The van der Waals surface area contributed by atoms with Crippen molar-refractivity contribution in [3.05, 3.63) is 77.9 Å². The Labute approximate surface area is 132 Å². The lowest BCUT2D eigenvalue weighted by atomic mass is 10.1. The topological polar surface area (TPSA) is 101 Å². The Morgan fingerprint density at radius 1 is 0.696 bits per heavy atom. The summed E-state index contributed by atoms with van der Waals surface area (Å²) >= 11 is 0. The number of carboxylic acids is 2. The van der Waals surface area contributed by atoms with E-state index in [0.29, 0.717) is 11.3 Å². The summed E-state index contributed by atoms with van der Waals surface area (Å²) in [5.41, 5.74) is 6.16. The van der Waals surface area contributed by atoms with Crippen LogP contribution >= 0.6 is 0 Å². The molecule has 0 aliphatic heterocycles. The highest BCUT2D eigenvalue weighted by Crippen LogP contribution is 2.17. The van der Waals surface area contributed by atoms with Gasteiger partial charge in [0, 0.05) is 5.69 Å². The molecular formula is C18H15NO4. The highest BCUT2D eigenvalue weighted by molar-refractivity contribution is 6.03. The van der Waals surface area contributed by atoms with E-state index in [1.54, 1.807) is 30.3 Å². The second kappa shape index (κ2) is 7.09. The summed E-state index contributed by atoms with van der Waals surface area (Å²) in [6.45, 7) is 0. The molecule has 4 N–H and O–H groups in total. The molecule has 0 atom stereocenters. The Morgan fingerprint density at radius 2 is 1.22 bits per heavy atom. The molecule has 0 saturated heterocycles. The minimum atomic E-state index is -0.988. The van der Waals surface area contributed by atoms with Crippen molar-refractivity contribution in [3.63, 3.8) is 0 Å². The first-order valence-electron chi connectivity index (χ1n) is 6.79. The Morgan fingerprint density at radius 3 is 1.83 bits per heavy atom. The van der Waals surface area contributed by atoms with Crippen LogP contribution in [0.1, 0.15) is 20.7 Å². The number of carbonyl (C=O) groups is 2. The maximum atomic E-state index is 10.8. The second-order valence-electron chi connectivity index (χ2n) is 4.72. The maximum absolute atomic E-state index is 10.8. The number of carboxylic acid groups (broad SMARTS) is 2. The summed E-state index contributed by atoms with van der Waals surface area (Å²) in [4.78, 5) is 21.2. The number of aromatic carboxylic acids is 2. The largest absolute Gasteiger partial charge is 0.478 e. The van der Waals surface area contributed by atoms with Crippen LogP contribution in [0, 0.1) is 0 Å². The lowest BCUT2D eigenvalue weighted by molar-refractivity contribution is 0.0687. The number of fused-ring (bicyclic) bond motifs is 1. The number of anilines is 1. The summed E-state index contributed by atoms with van der Waals surface area (Å²) in [7, 11) is 0. The monoisotopic (exact) mass is 309 g/mol. The van der Waals surface area contributed by atoms with E-state index in [9.17, 15) is 9.59 Å². The maximum Gasteiger partial charge on any atom is 0.337 e. The van der Waals surface area contributed by atoms with Crippen molar-refractivity contribution in [1.29, 1.82) is 0 Å². The van der Waals surface area contributed by atoms with E-state index in [2.05, 4.69) is 0 Å². The molecule has 116 valence electrons. The fourth-order valence-electron chi connectivity index (χ4n) is 2.10. The third-order valence-electron chi connectivity index (χ3n) is 3.21. The van der Waals surface area contributed by atoms with E-state index in [0.717, 1.165) is 10.8 Å². The van der Waals surface area contributed by atoms with Gasteiger partial charge in [0.2, 0.25) is 0 Å². The van der Waals surface area contributed by atoms with Crippen molar-refractivity contribution in [2.75, 3.05) is 5.73 Å². The lowest BCUT2D eigenvalue weighted by Gasteiger charge is -2.00. The summed E-state index contributed by atoms with van der Waals surface area (Å²) < 4.78 is 0. The molecule has 0 aliphatic rings. The van der Waals surface area contributed by atoms with Crippen molar-refractivity contribution in [2.45, 2.75) is 0 Å². The van der Waals surface area contributed by atoms with Gasteiger partial charge in [-0.3, -0.25) is 0 Å². The average molecular weight is 309 g/mol. The molecule has 0 fully saturated rings. The molecule has 3 aromatic rings. The number of nitrogen functional groups attached to an aromatic ring is 1. The van der Waals surface area contributed by atoms with Crippen molar-refractivity contribution < 1.29 is 19.8 Å². The van der Waals surface area contributed by atoms with E-state index in [-0.39, 0.29) is 5.56 Å². The van der Waals surface area contributed by atoms with Crippen LogP contribution in [0.25, 0.3) is 10.8 Å². The summed E-state index contributed by atoms with van der Waals surface area (Å²) in [6.07, 6.45) is 0. The van der Waals surface area contributed by atoms with Crippen LogP contribution in [-0.2, 0) is 0 Å². The van der Waals surface area contributed by atoms with Gasteiger partial charge >= 0.3 is 11.9 Å². The first-order valence-corrected chi connectivity index (χ1v) is 6.79. The van der Waals surface area contributed by atoms with Crippen LogP contribution in [-0.4, -0.2) is 22.2 Å². The van der Waals surface area contributed by atoms with Crippen LogP contribution in [0.3, 0.4) is 0 Å². The average Bonchev–Trinajstić information content (AvgIpc) is 2.55. The zero-order chi connectivity index (χ0) is 16.8. The lowest BCUT2D eigenvalue weighted by Crippen LogP contribution is -2.00. The number of rotatable bonds is 2. The third-order valence-corrected chi connectivity index (χ3v) is 3.21. The highest BCUT2D eigenvalue weighted by Gasteiger charge is 2.06. The molecule has 0 aromatic heterocycles. The van der Waals surface area contributed by atoms with Gasteiger partial charge in [0.25, 0.3) is 0 Å². The zero-order valence-corrected chi connectivity index (χ0v) is 12.1. The third kappa shape index (κ3) is 3.85. The molecule has 0 spiro atoms. The van der Waals surface area contributed by atoms with Crippen molar-refractivity contribution in [2.24, 2.45) is 0 Å². The van der Waals surface area contributed by atoms with Crippen molar-refractivity contribution in [3.8, 4) is 0 Å². The normalized spacial score (nSPS) is 9.74. The van der Waals surface area contributed by atoms with Gasteiger partial charge in [-0.2, -0.15) is 0 Å². The molecule has 0 saturated carbocycles. The van der Waals surface area contributed by atoms with E-state index in [1.807, 2.05) is 30.3 Å². The van der Waals surface area contributed by atoms with Gasteiger partial charge in [0.15, 0.2) is 0 Å². The predicted molar refractivity (Wildman–Crippen MR) is 88.7 cm³/mol. The molecule has 3 aromatic carbocycles. The molecule has 0 bridgehead atoms. The van der Waals surface area contributed by atoms with Gasteiger partial charge in [-0.05, 0) is 29.0 Å². The smallest absolute Gasteiger partial charge is 0.337 e. The van der Waals surface area contributed by atoms with E-state index in [4.69, 9.17) is 15.9 Å². The standard InChI is InChI=1S/C11H8O2.C7H7NO2/c12-11(13)10-7-3-5-8-4-1-2-6-9(8)10;8-6-4-2-1-3-5(6)7(9)10/h1-7H,(H,12,13);1-4H,8H2,(H,9,10). The minimum absolute atomic E-state index is 0.155. The first kappa shape index (κ1) is 16.0. The molecule has 0 radical (unpaired) electrons. The fourth-order valence-corrected chi connectivity index (χ4v) is 2.10. The van der Waals surface area contributed by atoms with Crippen LogP contribution in [0.5, 0.6) is 0 Å². The molecule has 0 heterocycles. The van der Waals surface area contributed by atoms with Crippen LogP contribution in [0.15, 0.2) is 66.7 Å². The van der Waals surface area contributed by atoms with Crippen LogP contribution in [0.4, 0.5) is 5.69 Å². The van der Waals surface area contributed by atoms with Gasteiger partial charge in [0.05, 0.1) is 11.1 Å². The molecule has 5 heteroatoms. The molecule has 0 aliphatic carbocycles. The molecule has 3 rings (SSSR count). The SMILES string of the molecule is Nc1ccccc1C(=O)O.O=C(O)c1cccc2ccccc12. The molecule has 5 nitrogen and oxygen atoms in total. The summed E-state index contributed by atoms with van der Waals surface area (Å²) in [5.74, 6) is -1.87. The van der Waals surface area contributed by atoms with E-state index < -0.39 is 11.9 Å². The molecule has 23 heavy (non-hydrogen) atoms. The zero-order valence-electron chi connectivity index (χ0n) is 12.1. The number of nitrogens with two attached hydrogens (primary N) is 1. The Bertz CT molecular complexity index is 853. The van der Waals surface area contributed by atoms with Crippen molar-refractivity contribution >= 4 is 28.4 Å². The quantitative estimate of drug-likeness (QED) is 0.629. The van der Waals surface area contributed by atoms with Gasteiger partial charge in [0.1, 0.15) is 0 Å². The number of hydrogen-bond donors (Lipinski definition) is 3. The minimum Gasteiger partial charge on any atom is -0.478 e. The van der Waals surface area contributed by atoms with E-state index in [1.165, 1.54) is 6.07 Å². The fraction of sp³-hybridized carbons (Fsp3) is 0. The summed E-state index contributed by atoms with van der Waals surface area (Å²) in [5, 5.41) is 19.1. The Hall–Kier alpha value is -3.34. The second-order valence-corrected chi connectivity index (χ2v) is 4.72. The summed E-state index contributed by atoms with van der Waals surface area (Å²) in [6, 6.07) is 19.1. The van der Waals surface area contributed by atoms with Gasteiger partial charge in [-0.25, -0.2) is 9.59 Å². The molecular weight excluding hydrogens is 294 g/mol. The first-order chi connectivity index (χ1) is 11.0. The van der Waals surface area contributed by atoms with Crippen LogP contribution < -0.4 is 5.73 Å². The molecule has 0 unspecified atom stereocenters. The van der Waals surface area contributed by atoms with Gasteiger partial charge < -0.3 is 15.9 Å². The molecule has 0 amide bonds.